The lowest BCUT2D eigenvalue weighted by Crippen LogP contribution is -2.41. The molecule has 0 unspecified atom stereocenters. The first-order valence-electron chi connectivity index (χ1n) is 10.4. The van der Waals surface area contributed by atoms with E-state index >= 15 is 0 Å². The van der Waals surface area contributed by atoms with Crippen LogP contribution in [0.15, 0.2) is 42.6 Å². The van der Waals surface area contributed by atoms with Crippen molar-refractivity contribution in [2.75, 3.05) is 0 Å². The standard InChI is InChI=1S/C23H31ClN2O/c1-2-3-14-23(27)26(21-11-5-4-6-12-21)18-22-13-8-15-25(22)17-19-9-7-10-20(24)16-19/h7-10,13,15-16,21H,2-6,11-12,14,17-18H2,1H3. The van der Waals surface area contributed by atoms with Crippen molar-refractivity contribution in [2.45, 2.75) is 77.4 Å². The maximum absolute atomic E-state index is 12.9. The molecule has 1 fully saturated rings. The van der Waals surface area contributed by atoms with Gasteiger partial charge in [0.15, 0.2) is 0 Å². The molecule has 0 spiro atoms. The Labute approximate surface area is 168 Å². The minimum atomic E-state index is 0.319. The van der Waals surface area contributed by atoms with Crippen LogP contribution in [-0.2, 0) is 17.9 Å². The summed E-state index contributed by atoms with van der Waals surface area (Å²) in [7, 11) is 0. The number of nitrogens with zero attached hydrogens (tertiary/aromatic N) is 2. The summed E-state index contributed by atoms with van der Waals surface area (Å²) in [6.07, 6.45) is 10.9. The number of hydrogen-bond acceptors (Lipinski definition) is 1. The van der Waals surface area contributed by atoms with Crippen LogP contribution in [0.4, 0.5) is 0 Å². The van der Waals surface area contributed by atoms with Crippen LogP contribution < -0.4 is 0 Å². The molecule has 3 nitrogen and oxygen atoms in total. The summed E-state index contributed by atoms with van der Waals surface area (Å²) in [4.78, 5) is 15.1. The normalized spacial score (nSPS) is 15.0. The lowest BCUT2D eigenvalue weighted by Gasteiger charge is -2.35. The van der Waals surface area contributed by atoms with Gasteiger partial charge in [0.25, 0.3) is 0 Å². The minimum Gasteiger partial charge on any atom is -0.345 e. The summed E-state index contributed by atoms with van der Waals surface area (Å²) in [6, 6.07) is 12.6. The first-order chi connectivity index (χ1) is 13.2. The van der Waals surface area contributed by atoms with Gasteiger partial charge in [0, 0.05) is 35.9 Å². The summed E-state index contributed by atoms with van der Waals surface area (Å²) >= 11 is 6.14. The predicted molar refractivity (Wildman–Crippen MR) is 112 cm³/mol. The average Bonchev–Trinajstić information content (AvgIpc) is 3.11. The molecule has 4 heteroatoms. The maximum atomic E-state index is 12.9. The number of hydrogen-bond donors (Lipinski definition) is 0. The zero-order valence-corrected chi connectivity index (χ0v) is 17.1. The van der Waals surface area contributed by atoms with Gasteiger partial charge in [-0.3, -0.25) is 4.79 Å². The molecule has 0 N–H and O–H groups in total. The van der Waals surface area contributed by atoms with Crippen LogP contribution in [0.3, 0.4) is 0 Å². The van der Waals surface area contributed by atoms with Gasteiger partial charge in [-0.15, -0.1) is 0 Å². The summed E-state index contributed by atoms with van der Waals surface area (Å²) in [5.74, 6) is 0.319. The highest BCUT2D eigenvalue weighted by Gasteiger charge is 2.25. The zero-order chi connectivity index (χ0) is 19.1. The van der Waals surface area contributed by atoms with Crippen molar-refractivity contribution >= 4 is 17.5 Å². The Morgan fingerprint density at radius 2 is 2.00 bits per heavy atom. The van der Waals surface area contributed by atoms with E-state index in [0.29, 0.717) is 24.9 Å². The van der Waals surface area contributed by atoms with Gasteiger partial charge in [0.1, 0.15) is 0 Å². The molecular formula is C23H31ClN2O. The Bertz CT molecular complexity index is 733. The molecule has 0 aliphatic heterocycles. The number of amides is 1. The van der Waals surface area contributed by atoms with Crippen LogP contribution >= 0.6 is 11.6 Å². The second-order valence-electron chi connectivity index (χ2n) is 7.67. The molecule has 1 aromatic heterocycles. The monoisotopic (exact) mass is 386 g/mol. The molecule has 2 aromatic rings. The van der Waals surface area contributed by atoms with E-state index in [1.165, 1.54) is 30.5 Å². The fourth-order valence-corrected chi connectivity index (χ4v) is 4.25. The minimum absolute atomic E-state index is 0.319. The van der Waals surface area contributed by atoms with Crippen molar-refractivity contribution in [1.29, 1.82) is 0 Å². The number of aromatic nitrogens is 1. The molecule has 0 bridgehead atoms. The van der Waals surface area contributed by atoms with Gasteiger partial charge in [-0.1, -0.05) is 56.3 Å². The van der Waals surface area contributed by atoms with Crippen molar-refractivity contribution in [3.63, 3.8) is 0 Å². The third kappa shape index (κ3) is 5.62. The van der Waals surface area contributed by atoms with Crippen molar-refractivity contribution < 1.29 is 4.79 Å². The predicted octanol–water partition coefficient (Wildman–Crippen LogP) is 6.04. The average molecular weight is 387 g/mol. The van der Waals surface area contributed by atoms with E-state index in [2.05, 4.69) is 40.8 Å². The molecule has 0 saturated heterocycles. The highest BCUT2D eigenvalue weighted by molar-refractivity contribution is 6.30. The summed E-state index contributed by atoms with van der Waals surface area (Å²) < 4.78 is 2.24. The van der Waals surface area contributed by atoms with Crippen LogP contribution in [0.2, 0.25) is 5.02 Å². The maximum Gasteiger partial charge on any atom is 0.223 e. The molecule has 1 amide bonds. The smallest absolute Gasteiger partial charge is 0.223 e. The molecule has 1 aliphatic rings. The third-order valence-corrected chi connectivity index (χ3v) is 5.81. The second-order valence-corrected chi connectivity index (χ2v) is 8.11. The van der Waals surface area contributed by atoms with Gasteiger partial charge < -0.3 is 9.47 Å². The number of benzene rings is 1. The largest absolute Gasteiger partial charge is 0.345 e. The van der Waals surface area contributed by atoms with E-state index in [-0.39, 0.29) is 0 Å². The van der Waals surface area contributed by atoms with Crippen LogP contribution in [0.25, 0.3) is 0 Å². The molecule has 1 saturated carbocycles. The number of halogens is 1. The zero-order valence-electron chi connectivity index (χ0n) is 16.4. The fourth-order valence-electron chi connectivity index (χ4n) is 4.04. The van der Waals surface area contributed by atoms with E-state index in [0.717, 1.165) is 37.3 Å². The molecule has 3 rings (SSSR count). The van der Waals surface area contributed by atoms with Gasteiger partial charge >= 0.3 is 0 Å². The summed E-state index contributed by atoms with van der Waals surface area (Å²) in [5, 5.41) is 0.764. The Morgan fingerprint density at radius 1 is 1.19 bits per heavy atom. The number of carbonyl (C=O) groups excluding carboxylic acids is 1. The van der Waals surface area contributed by atoms with Crippen LogP contribution in [-0.4, -0.2) is 21.4 Å². The third-order valence-electron chi connectivity index (χ3n) is 5.58. The van der Waals surface area contributed by atoms with Crippen LogP contribution in [0.1, 0.15) is 69.5 Å². The van der Waals surface area contributed by atoms with Gasteiger partial charge in [-0.05, 0) is 49.1 Å². The Morgan fingerprint density at radius 3 is 2.74 bits per heavy atom. The Balaban J connectivity index is 1.75. The quantitative estimate of drug-likeness (QED) is 0.542. The molecule has 0 atom stereocenters. The molecule has 146 valence electrons. The second kappa shape index (κ2) is 9.98. The summed E-state index contributed by atoms with van der Waals surface area (Å²) in [5.41, 5.74) is 2.38. The van der Waals surface area contributed by atoms with Gasteiger partial charge in [0.2, 0.25) is 5.91 Å². The van der Waals surface area contributed by atoms with E-state index in [4.69, 9.17) is 11.6 Å². The van der Waals surface area contributed by atoms with Gasteiger partial charge in [-0.2, -0.15) is 0 Å². The van der Waals surface area contributed by atoms with Crippen molar-refractivity contribution in [1.82, 2.24) is 9.47 Å². The number of rotatable bonds is 8. The SMILES string of the molecule is CCCCC(=O)N(Cc1cccn1Cc1cccc(Cl)c1)C1CCCCC1. The van der Waals surface area contributed by atoms with Crippen LogP contribution in [0.5, 0.6) is 0 Å². The Kier molecular flexibility index (Phi) is 7.40. The first kappa shape index (κ1) is 20.0. The topological polar surface area (TPSA) is 25.2 Å². The lowest BCUT2D eigenvalue weighted by atomic mass is 9.93. The molecule has 27 heavy (non-hydrogen) atoms. The van der Waals surface area contributed by atoms with E-state index in [1.54, 1.807) is 0 Å². The molecular weight excluding hydrogens is 356 g/mol. The van der Waals surface area contributed by atoms with Crippen molar-refractivity contribution in [2.24, 2.45) is 0 Å². The first-order valence-corrected chi connectivity index (χ1v) is 10.7. The van der Waals surface area contributed by atoms with E-state index in [9.17, 15) is 4.79 Å². The summed E-state index contributed by atoms with van der Waals surface area (Å²) in [6.45, 7) is 3.64. The number of unbranched alkanes of at least 4 members (excludes halogenated alkanes) is 1. The molecule has 1 aromatic carbocycles. The van der Waals surface area contributed by atoms with Crippen molar-refractivity contribution in [3.05, 3.63) is 58.9 Å². The highest BCUT2D eigenvalue weighted by Crippen LogP contribution is 2.25. The van der Waals surface area contributed by atoms with Gasteiger partial charge in [0.05, 0.1) is 6.54 Å². The van der Waals surface area contributed by atoms with Crippen LogP contribution in [0, 0.1) is 0 Å². The van der Waals surface area contributed by atoms with E-state index in [1.807, 2.05) is 18.2 Å². The van der Waals surface area contributed by atoms with Gasteiger partial charge in [-0.25, -0.2) is 0 Å². The van der Waals surface area contributed by atoms with Crippen molar-refractivity contribution in [3.8, 4) is 0 Å². The fraction of sp³-hybridized carbons (Fsp3) is 0.522. The van der Waals surface area contributed by atoms with E-state index < -0.39 is 0 Å². The molecule has 1 aliphatic carbocycles. The highest BCUT2D eigenvalue weighted by atomic mass is 35.5. The number of carbonyl (C=O) groups is 1. The molecule has 1 heterocycles. The lowest BCUT2D eigenvalue weighted by molar-refractivity contribution is -0.135. The molecule has 0 radical (unpaired) electrons. The Hall–Kier alpha value is -1.74.